The summed E-state index contributed by atoms with van der Waals surface area (Å²) in [7, 11) is -4.02. The molecule has 5 nitrogen and oxygen atoms in total. The summed E-state index contributed by atoms with van der Waals surface area (Å²) >= 11 is 0. The number of ketones is 2. The molecule has 1 aliphatic rings. The molecule has 2 rings (SSSR count). The Morgan fingerprint density at radius 3 is 2.25 bits per heavy atom. The molecule has 1 aromatic rings. The van der Waals surface area contributed by atoms with Crippen molar-refractivity contribution in [2.24, 2.45) is 5.14 Å². The van der Waals surface area contributed by atoms with Crippen LogP contribution in [0.4, 0.5) is 0 Å². The number of hydrogen-bond acceptors (Lipinski definition) is 4. The van der Waals surface area contributed by atoms with Crippen molar-refractivity contribution in [1.29, 1.82) is 0 Å². The molecule has 0 saturated heterocycles. The number of carbonyl (C=O) groups excluding carboxylic acids is 2. The molecular formula is C10H9NO4S. The third-order valence-corrected chi connectivity index (χ3v) is 3.73. The van der Waals surface area contributed by atoms with E-state index in [0.717, 1.165) is 0 Å². The van der Waals surface area contributed by atoms with Gasteiger partial charge in [0.15, 0.2) is 11.6 Å². The van der Waals surface area contributed by atoms with E-state index in [-0.39, 0.29) is 23.3 Å². The van der Waals surface area contributed by atoms with Crippen LogP contribution in [0.3, 0.4) is 0 Å². The standard InChI is InChI=1S/C10H9NO4S/c11-16(14,15)9-5-8(12)6-3-1-2-4-7(6)10(9)13/h1-4,9H,5H2,(H2,11,14,15). The van der Waals surface area contributed by atoms with Gasteiger partial charge in [0.1, 0.15) is 5.25 Å². The predicted molar refractivity (Wildman–Crippen MR) is 56.6 cm³/mol. The fourth-order valence-electron chi connectivity index (χ4n) is 1.75. The molecule has 6 heteroatoms. The lowest BCUT2D eigenvalue weighted by Gasteiger charge is -2.20. The van der Waals surface area contributed by atoms with Gasteiger partial charge in [-0.3, -0.25) is 9.59 Å². The topological polar surface area (TPSA) is 94.3 Å². The van der Waals surface area contributed by atoms with Crippen molar-refractivity contribution in [3.63, 3.8) is 0 Å². The first kappa shape index (κ1) is 11.0. The molecule has 1 aromatic carbocycles. The molecule has 2 N–H and O–H groups in total. The fraction of sp³-hybridized carbons (Fsp3) is 0.200. The van der Waals surface area contributed by atoms with Gasteiger partial charge in [-0.25, -0.2) is 13.6 Å². The summed E-state index contributed by atoms with van der Waals surface area (Å²) < 4.78 is 22.3. The molecule has 0 amide bonds. The summed E-state index contributed by atoms with van der Waals surface area (Å²) in [5.41, 5.74) is 0.408. The van der Waals surface area contributed by atoms with Crippen LogP contribution in [0.25, 0.3) is 0 Å². The molecular weight excluding hydrogens is 230 g/mol. The normalized spacial score (nSPS) is 20.7. The van der Waals surface area contributed by atoms with E-state index in [1.54, 1.807) is 12.1 Å². The van der Waals surface area contributed by atoms with E-state index >= 15 is 0 Å². The van der Waals surface area contributed by atoms with Gasteiger partial charge in [-0.15, -0.1) is 0 Å². The van der Waals surface area contributed by atoms with E-state index in [9.17, 15) is 18.0 Å². The number of primary sulfonamides is 1. The lowest BCUT2D eigenvalue weighted by molar-refractivity contribution is 0.0894. The molecule has 16 heavy (non-hydrogen) atoms. The van der Waals surface area contributed by atoms with Gasteiger partial charge in [-0.05, 0) is 0 Å². The number of hydrogen-bond donors (Lipinski definition) is 1. The van der Waals surface area contributed by atoms with Gasteiger partial charge in [0.05, 0.1) is 0 Å². The molecule has 0 bridgehead atoms. The fourth-order valence-corrected chi connectivity index (χ4v) is 2.56. The molecule has 1 unspecified atom stereocenters. The minimum absolute atomic E-state index is 0.137. The SMILES string of the molecule is NS(=O)(=O)C1CC(=O)c2ccccc2C1=O. The molecule has 84 valence electrons. The van der Waals surface area contributed by atoms with Gasteiger partial charge in [0.25, 0.3) is 0 Å². The molecule has 0 aliphatic heterocycles. The van der Waals surface area contributed by atoms with Crippen LogP contribution in [0.15, 0.2) is 24.3 Å². The van der Waals surface area contributed by atoms with Crippen molar-refractivity contribution in [3.05, 3.63) is 35.4 Å². The molecule has 0 aromatic heterocycles. The highest BCUT2D eigenvalue weighted by Gasteiger charge is 2.38. The minimum atomic E-state index is -4.02. The predicted octanol–water partition coefficient (Wildman–Crippen LogP) is 0.113. The third-order valence-electron chi connectivity index (χ3n) is 2.55. The Labute approximate surface area is 92.3 Å². The van der Waals surface area contributed by atoms with E-state index in [4.69, 9.17) is 5.14 Å². The zero-order valence-electron chi connectivity index (χ0n) is 8.21. The van der Waals surface area contributed by atoms with Crippen molar-refractivity contribution in [2.75, 3.05) is 0 Å². The molecule has 1 aliphatic carbocycles. The summed E-state index contributed by atoms with van der Waals surface area (Å²) in [5.74, 6) is -0.966. The van der Waals surface area contributed by atoms with E-state index in [0.29, 0.717) is 0 Å². The maximum absolute atomic E-state index is 11.8. The molecule has 0 heterocycles. The number of sulfonamides is 1. The number of benzene rings is 1. The van der Waals surface area contributed by atoms with Gasteiger partial charge in [-0.1, -0.05) is 24.3 Å². The van der Waals surface area contributed by atoms with E-state index in [1.807, 2.05) is 0 Å². The number of fused-ring (bicyclic) bond motifs is 1. The Morgan fingerprint density at radius 2 is 1.69 bits per heavy atom. The van der Waals surface area contributed by atoms with Gasteiger partial charge in [0, 0.05) is 17.5 Å². The largest absolute Gasteiger partial charge is 0.294 e. The smallest absolute Gasteiger partial charge is 0.219 e. The van der Waals surface area contributed by atoms with Crippen LogP contribution in [-0.4, -0.2) is 25.2 Å². The highest BCUT2D eigenvalue weighted by atomic mass is 32.2. The summed E-state index contributed by atoms with van der Waals surface area (Å²) in [4.78, 5) is 23.4. The number of carbonyl (C=O) groups is 2. The second kappa shape index (κ2) is 3.50. The highest BCUT2D eigenvalue weighted by molar-refractivity contribution is 7.90. The van der Waals surface area contributed by atoms with Gasteiger partial charge in [0.2, 0.25) is 10.0 Å². The first-order valence-corrected chi connectivity index (χ1v) is 6.20. The second-order valence-electron chi connectivity index (χ2n) is 3.61. The van der Waals surface area contributed by atoms with Crippen LogP contribution >= 0.6 is 0 Å². The zero-order chi connectivity index (χ0) is 11.9. The lowest BCUT2D eigenvalue weighted by Crippen LogP contribution is -2.41. The average molecular weight is 239 g/mol. The molecule has 0 spiro atoms. The van der Waals surface area contributed by atoms with Crippen molar-refractivity contribution >= 4 is 21.6 Å². The van der Waals surface area contributed by atoms with Gasteiger partial charge in [-0.2, -0.15) is 0 Å². The molecule has 0 fully saturated rings. The van der Waals surface area contributed by atoms with Crippen molar-refractivity contribution in [1.82, 2.24) is 0 Å². The highest BCUT2D eigenvalue weighted by Crippen LogP contribution is 2.24. The first-order valence-electron chi connectivity index (χ1n) is 4.59. The monoisotopic (exact) mass is 239 g/mol. The Bertz CT molecular complexity index is 576. The summed E-state index contributed by atoms with van der Waals surface area (Å²) in [6, 6.07) is 6.15. The third kappa shape index (κ3) is 1.66. The van der Waals surface area contributed by atoms with Crippen LogP contribution < -0.4 is 5.14 Å². The van der Waals surface area contributed by atoms with Crippen molar-refractivity contribution in [2.45, 2.75) is 11.7 Å². The Morgan fingerprint density at radius 1 is 1.12 bits per heavy atom. The van der Waals surface area contributed by atoms with Crippen LogP contribution in [0.5, 0.6) is 0 Å². The van der Waals surface area contributed by atoms with E-state index in [2.05, 4.69) is 0 Å². The lowest BCUT2D eigenvalue weighted by atomic mass is 9.89. The quantitative estimate of drug-likeness (QED) is 0.752. The van der Waals surface area contributed by atoms with E-state index < -0.39 is 21.1 Å². The van der Waals surface area contributed by atoms with Crippen LogP contribution in [0.1, 0.15) is 27.1 Å². The van der Waals surface area contributed by atoms with Crippen LogP contribution in [0, 0.1) is 0 Å². The second-order valence-corrected chi connectivity index (χ2v) is 5.36. The van der Waals surface area contributed by atoms with Crippen molar-refractivity contribution < 1.29 is 18.0 Å². The Hall–Kier alpha value is -1.53. The van der Waals surface area contributed by atoms with Crippen molar-refractivity contribution in [3.8, 4) is 0 Å². The molecule has 0 saturated carbocycles. The maximum Gasteiger partial charge on any atom is 0.219 e. The number of Topliss-reactive ketones (excluding diaryl/α,β-unsaturated/α-hetero) is 2. The van der Waals surface area contributed by atoms with Crippen LogP contribution in [0.2, 0.25) is 0 Å². The molecule has 1 atom stereocenters. The van der Waals surface area contributed by atoms with Crippen LogP contribution in [-0.2, 0) is 10.0 Å². The number of nitrogens with two attached hydrogens (primary N) is 1. The van der Waals surface area contributed by atoms with Gasteiger partial charge < -0.3 is 0 Å². The Kier molecular flexibility index (Phi) is 2.40. The maximum atomic E-state index is 11.8. The van der Waals surface area contributed by atoms with Gasteiger partial charge >= 0.3 is 0 Å². The number of rotatable bonds is 1. The van der Waals surface area contributed by atoms with E-state index in [1.165, 1.54) is 12.1 Å². The summed E-state index contributed by atoms with van der Waals surface area (Å²) in [6.45, 7) is 0. The first-order chi connectivity index (χ1) is 7.41. The molecule has 0 radical (unpaired) electrons. The summed E-state index contributed by atoms with van der Waals surface area (Å²) in [6.07, 6.45) is -0.366. The summed E-state index contributed by atoms with van der Waals surface area (Å²) in [5, 5.41) is 3.48. The Balaban J connectivity index is 2.59. The average Bonchev–Trinajstić information content (AvgIpc) is 2.22. The minimum Gasteiger partial charge on any atom is -0.294 e. The zero-order valence-corrected chi connectivity index (χ0v) is 9.03.